The molecule has 0 saturated heterocycles. The molecular weight excluding hydrogens is 594 g/mol. The van der Waals surface area contributed by atoms with Gasteiger partial charge in [-0.15, -0.1) is 0 Å². The number of H-pyrrole nitrogens is 1. The van der Waals surface area contributed by atoms with E-state index in [0.717, 1.165) is 19.2 Å². The largest absolute Gasteiger partial charge is 0.471 e. The van der Waals surface area contributed by atoms with Gasteiger partial charge in [-0.25, -0.2) is 23.5 Å². The van der Waals surface area contributed by atoms with E-state index in [4.69, 9.17) is 4.74 Å². The number of hydrogen-bond donors (Lipinski definition) is 3. The summed E-state index contributed by atoms with van der Waals surface area (Å²) in [5, 5.41) is 4.97. The fourth-order valence-corrected chi connectivity index (χ4v) is 4.03. The molecule has 0 spiro atoms. The molecule has 3 heterocycles. The maximum absolute atomic E-state index is 14.0. The number of benzene rings is 1. The summed E-state index contributed by atoms with van der Waals surface area (Å²) >= 11 is 0. The molecule has 3 N–H and O–H groups in total. The minimum Gasteiger partial charge on any atom is -0.471 e. The fourth-order valence-electron chi connectivity index (χ4n) is 4.03. The molecule has 236 valence electrons. The van der Waals surface area contributed by atoms with Crippen molar-refractivity contribution in [3.63, 3.8) is 0 Å². The van der Waals surface area contributed by atoms with Gasteiger partial charge in [0.1, 0.15) is 47.6 Å². The Morgan fingerprint density at radius 3 is 2.71 bits per heavy atom. The number of anilines is 1. The number of fused-ring (bicyclic) bond motifs is 1. The Labute approximate surface area is 255 Å². The quantitative estimate of drug-likeness (QED) is 0.200. The number of hydrogen-bond acceptors (Lipinski definition) is 9. The van der Waals surface area contributed by atoms with Crippen molar-refractivity contribution in [1.82, 2.24) is 34.7 Å². The molecule has 0 saturated carbocycles. The summed E-state index contributed by atoms with van der Waals surface area (Å²) in [7, 11) is 4.35. The molecule has 4 aromatic rings. The van der Waals surface area contributed by atoms with Gasteiger partial charge in [-0.1, -0.05) is 6.08 Å². The second-order valence-electron chi connectivity index (χ2n) is 9.83. The predicted molar refractivity (Wildman–Crippen MR) is 157 cm³/mol. The van der Waals surface area contributed by atoms with Gasteiger partial charge in [0.15, 0.2) is 5.65 Å². The van der Waals surface area contributed by atoms with Crippen molar-refractivity contribution in [2.24, 2.45) is 0 Å². The average Bonchev–Trinajstić information content (AvgIpc) is 3.43. The third-order valence-corrected chi connectivity index (χ3v) is 6.40. The molecule has 0 bridgehead atoms. The van der Waals surface area contributed by atoms with Crippen LogP contribution < -0.4 is 20.9 Å². The zero-order valence-electron chi connectivity index (χ0n) is 24.5. The molecule has 16 heteroatoms. The number of imidazole rings is 1. The van der Waals surface area contributed by atoms with E-state index in [2.05, 4.69) is 35.3 Å². The summed E-state index contributed by atoms with van der Waals surface area (Å²) in [6.07, 6.45) is 5.19. The summed E-state index contributed by atoms with van der Waals surface area (Å²) in [6, 6.07) is 5.01. The first-order valence-electron chi connectivity index (χ1n) is 13.5. The molecule has 45 heavy (non-hydrogen) atoms. The van der Waals surface area contributed by atoms with Crippen LogP contribution >= 0.6 is 0 Å². The van der Waals surface area contributed by atoms with Gasteiger partial charge >= 0.3 is 6.09 Å². The van der Waals surface area contributed by atoms with E-state index in [1.807, 2.05) is 0 Å². The standard InChI is InChI=1S/C29H30F2N8O6/c1-38(2)23(40)9-5-4-7-20(35-29(43)44-3)26(41)34-21-8-6-12-39(28(21)42)14-22-36-24-25(37-22)32-16-33-27(24)45-15-17-10-11-18(30)13-19(17)31/h5-6,8-13,16,20H,4,7,14-15H2,1-3H3,(H,34,41)(H,35,43)(H,32,33,36,37)/b9-5+. The number of methoxy groups -OCH3 is 1. The normalized spacial score (nSPS) is 11.8. The average molecular weight is 625 g/mol. The van der Waals surface area contributed by atoms with Gasteiger partial charge in [0.2, 0.25) is 17.7 Å². The molecule has 3 aromatic heterocycles. The minimum absolute atomic E-state index is 0.0561. The number of ether oxygens (including phenoxy) is 2. The highest BCUT2D eigenvalue weighted by Crippen LogP contribution is 2.21. The number of likely N-dealkylation sites (N-methyl/N-ethyl adjacent to an activating group) is 1. The Morgan fingerprint density at radius 2 is 1.98 bits per heavy atom. The van der Waals surface area contributed by atoms with Gasteiger partial charge in [0, 0.05) is 31.9 Å². The van der Waals surface area contributed by atoms with Crippen LogP contribution in [0.1, 0.15) is 24.2 Å². The Balaban J connectivity index is 1.47. The van der Waals surface area contributed by atoms with Gasteiger partial charge in [0.25, 0.3) is 5.56 Å². The lowest BCUT2D eigenvalue weighted by Gasteiger charge is -2.17. The molecule has 1 atom stereocenters. The maximum Gasteiger partial charge on any atom is 0.407 e. The fraction of sp³-hybridized carbons (Fsp3) is 0.276. The van der Waals surface area contributed by atoms with E-state index in [9.17, 15) is 28.0 Å². The maximum atomic E-state index is 14.0. The first-order valence-corrected chi connectivity index (χ1v) is 13.5. The zero-order valence-corrected chi connectivity index (χ0v) is 24.5. The van der Waals surface area contributed by atoms with Gasteiger partial charge in [-0.3, -0.25) is 14.4 Å². The lowest BCUT2D eigenvalue weighted by molar-refractivity contribution is -0.123. The van der Waals surface area contributed by atoms with Gasteiger partial charge < -0.3 is 34.6 Å². The number of carbonyl (C=O) groups excluding carboxylic acids is 3. The van der Waals surface area contributed by atoms with E-state index in [-0.39, 0.29) is 54.7 Å². The second kappa shape index (κ2) is 14.7. The Hall–Kier alpha value is -5.67. The van der Waals surface area contributed by atoms with Crippen molar-refractivity contribution >= 4 is 34.8 Å². The molecule has 3 amide bonds. The molecule has 14 nitrogen and oxygen atoms in total. The van der Waals surface area contributed by atoms with Crippen LogP contribution in [0.3, 0.4) is 0 Å². The highest BCUT2D eigenvalue weighted by atomic mass is 19.1. The van der Waals surface area contributed by atoms with E-state index in [1.165, 1.54) is 40.2 Å². The van der Waals surface area contributed by atoms with Gasteiger partial charge in [-0.2, -0.15) is 4.98 Å². The van der Waals surface area contributed by atoms with E-state index in [1.54, 1.807) is 26.2 Å². The van der Waals surface area contributed by atoms with Crippen LogP contribution in [0.2, 0.25) is 0 Å². The van der Waals surface area contributed by atoms with Crippen LogP contribution in [0.25, 0.3) is 11.2 Å². The van der Waals surface area contributed by atoms with Gasteiger partial charge in [0.05, 0.1) is 13.7 Å². The molecule has 0 aliphatic rings. The highest BCUT2D eigenvalue weighted by Gasteiger charge is 2.22. The number of pyridine rings is 1. The summed E-state index contributed by atoms with van der Waals surface area (Å²) in [5.41, 5.74) is 0.0247. The number of halogens is 2. The Bertz CT molecular complexity index is 1790. The van der Waals surface area contributed by atoms with E-state index in [0.29, 0.717) is 11.3 Å². The smallest absolute Gasteiger partial charge is 0.407 e. The molecular formula is C29H30F2N8O6. The van der Waals surface area contributed by atoms with Crippen molar-refractivity contribution in [3.8, 4) is 5.88 Å². The van der Waals surface area contributed by atoms with E-state index < -0.39 is 35.2 Å². The van der Waals surface area contributed by atoms with Crippen molar-refractivity contribution < 1.29 is 32.6 Å². The zero-order chi connectivity index (χ0) is 32.5. The second-order valence-corrected chi connectivity index (χ2v) is 9.83. The summed E-state index contributed by atoms with van der Waals surface area (Å²) in [6.45, 7) is -0.288. The highest BCUT2D eigenvalue weighted by molar-refractivity contribution is 5.96. The molecule has 4 rings (SSSR count). The third-order valence-electron chi connectivity index (χ3n) is 6.40. The van der Waals surface area contributed by atoms with Crippen LogP contribution in [0, 0.1) is 11.6 Å². The monoisotopic (exact) mass is 624 g/mol. The number of alkyl carbamates (subject to hydrolysis) is 1. The first-order chi connectivity index (χ1) is 21.5. The van der Waals surface area contributed by atoms with Crippen LogP contribution in [-0.2, 0) is 27.5 Å². The predicted octanol–water partition coefficient (Wildman–Crippen LogP) is 2.51. The summed E-state index contributed by atoms with van der Waals surface area (Å²) in [4.78, 5) is 66.8. The number of carbonyl (C=O) groups is 3. The number of amides is 3. The third kappa shape index (κ3) is 8.46. The summed E-state index contributed by atoms with van der Waals surface area (Å²) in [5.74, 6) is -2.00. The first kappa shape index (κ1) is 32.2. The topological polar surface area (TPSA) is 173 Å². The summed E-state index contributed by atoms with van der Waals surface area (Å²) < 4.78 is 38.8. The molecule has 0 fully saturated rings. The Morgan fingerprint density at radius 1 is 1.18 bits per heavy atom. The van der Waals surface area contributed by atoms with Crippen LogP contribution in [0.15, 0.2) is 59.8 Å². The van der Waals surface area contributed by atoms with Crippen LogP contribution in [0.5, 0.6) is 5.88 Å². The molecule has 1 unspecified atom stereocenters. The number of rotatable bonds is 12. The molecule has 0 radical (unpaired) electrons. The lowest BCUT2D eigenvalue weighted by Crippen LogP contribution is -2.44. The molecule has 0 aliphatic carbocycles. The molecule has 1 aromatic carbocycles. The van der Waals surface area contributed by atoms with Crippen molar-refractivity contribution in [2.75, 3.05) is 26.5 Å². The lowest BCUT2D eigenvalue weighted by atomic mass is 10.1. The molecule has 0 aliphatic heterocycles. The van der Waals surface area contributed by atoms with E-state index >= 15 is 0 Å². The van der Waals surface area contributed by atoms with Crippen molar-refractivity contribution in [1.29, 1.82) is 0 Å². The van der Waals surface area contributed by atoms with Gasteiger partial charge in [-0.05, 0) is 43.2 Å². The van der Waals surface area contributed by atoms with Crippen LogP contribution in [0.4, 0.5) is 19.3 Å². The van der Waals surface area contributed by atoms with Crippen molar-refractivity contribution in [2.45, 2.75) is 32.0 Å². The SMILES string of the molecule is COC(=O)NC(CC/C=C/C(=O)N(C)C)C(=O)Nc1cccn(Cc2nc3ncnc(OCc4ccc(F)cc4F)c3[nH]2)c1=O. The number of nitrogens with one attached hydrogen (secondary N) is 3. The van der Waals surface area contributed by atoms with Crippen molar-refractivity contribution in [3.05, 3.63) is 88.4 Å². The number of aromatic nitrogens is 5. The number of aromatic amines is 1. The number of nitrogens with zero attached hydrogens (tertiary/aromatic N) is 5. The Kier molecular flexibility index (Phi) is 10.5. The number of allylic oxidation sites excluding steroid dienone is 1. The van der Waals surface area contributed by atoms with Crippen LogP contribution in [-0.4, -0.2) is 74.6 Å². The minimum atomic E-state index is -1.07.